The first-order valence-corrected chi connectivity index (χ1v) is 7.46. The zero-order chi connectivity index (χ0) is 17.5. The Hall–Kier alpha value is -2.80. The summed E-state index contributed by atoms with van der Waals surface area (Å²) < 4.78 is 15.1. The average molecular weight is 346 g/mol. The number of benzene rings is 2. The summed E-state index contributed by atoms with van der Waals surface area (Å²) in [7, 11) is 4.49. The largest absolute Gasteiger partial charge is 0.493 e. The van der Waals surface area contributed by atoms with Crippen molar-refractivity contribution in [2.75, 3.05) is 32.0 Å². The van der Waals surface area contributed by atoms with E-state index in [0.717, 1.165) is 11.4 Å². The molecular formula is C17H18N2O4S. The Bertz CT molecular complexity index is 732. The Morgan fingerprint density at radius 3 is 2.04 bits per heavy atom. The normalized spacial score (nSPS) is 9.79. The van der Waals surface area contributed by atoms with Crippen molar-refractivity contribution in [1.82, 2.24) is 0 Å². The molecule has 0 aliphatic heterocycles. The smallest absolute Gasteiger partial charge is 0.337 e. The number of esters is 1. The molecule has 7 heteroatoms. The first kappa shape index (κ1) is 17.6. The van der Waals surface area contributed by atoms with Crippen molar-refractivity contribution in [3.05, 3.63) is 48.0 Å². The van der Waals surface area contributed by atoms with E-state index in [-0.39, 0.29) is 5.97 Å². The first-order valence-electron chi connectivity index (χ1n) is 7.05. The first-order chi connectivity index (χ1) is 11.6. The molecule has 126 valence electrons. The number of hydrogen-bond acceptors (Lipinski definition) is 5. The minimum absolute atomic E-state index is 0.382. The molecule has 0 spiro atoms. The van der Waals surface area contributed by atoms with Crippen molar-refractivity contribution >= 4 is 34.7 Å². The van der Waals surface area contributed by atoms with Gasteiger partial charge in [0.15, 0.2) is 16.6 Å². The highest BCUT2D eigenvalue weighted by Crippen LogP contribution is 2.29. The van der Waals surface area contributed by atoms with Gasteiger partial charge in [-0.2, -0.15) is 0 Å². The second-order valence-corrected chi connectivity index (χ2v) is 5.13. The van der Waals surface area contributed by atoms with Gasteiger partial charge in [0.25, 0.3) is 0 Å². The van der Waals surface area contributed by atoms with Crippen LogP contribution < -0.4 is 20.1 Å². The Labute approximate surface area is 145 Å². The molecule has 6 nitrogen and oxygen atoms in total. The van der Waals surface area contributed by atoms with Crippen LogP contribution in [0.15, 0.2) is 42.5 Å². The fraction of sp³-hybridized carbons (Fsp3) is 0.176. The number of methoxy groups -OCH3 is 3. The molecule has 2 rings (SSSR count). The molecule has 0 heterocycles. The van der Waals surface area contributed by atoms with E-state index in [9.17, 15) is 4.79 Å². The summed E-state index contributed by atoms with van der Waals surface area (Å²) in [6.45, 7) is 0. The van der Waals surface area contributed by atoms with Gasteiger partial charge in [-0.15, -0.1) is 0 Å². The van der Waals surface area contributed by atoms with Crippen LogP contribution in [0.1, 0.15) is 10.4 Å². The van der Waals surface area contributed by atoms with E-state index in [1.807, 2.05) is 6.07 Å². The van der Waals surface area contributed by atoms with Crippen molar-refractivity contribution in [3.63, 3.8) is 0 Å². The average Bonchev–Trinajstić information content (AvgIpc) is 2.61. The summed E-state index contributed by atoms with van der Waals surface area (Å²) in [5.74, 6) is 0.862. The number of carbonyl (C=O) groups is 1. The van der Waals surface area contributed by atoms with Gasteiger partial charge in [0.05, 0.1) is 26.9 Å². The van der Waals surface area contributed by atoms with Crippen molar-refractivity contribution in [1.29, 1.82) is 0 Å². The minimum Gasteiger partial charge on any atom is -0.493 e. The Kier molecular flexibility index (Phi) is 5.97. The molecule has 0 aliphatic rings. The van der Waals surface area contributed by atoms with Gasteiger partial charge in [0.2, 0.25) is 0 Å². The summed E-state index contributed by atoms with van der Waals surface area (Å²) in [6, 6.07) is 12.2. The number of carbonyl (C=O) groups excluding carboxylic acids is 1. The van der Waals surface area contributed by atoms with Gasteiger partial charge >= 0.3 is 5.97 Å². The van der Waals surface area contributed by atoms with Crippen LogP contribution in [0.5, 0.6) is 11.5 Å². The van der Waals surface area contributed by atoms with E-state index in [4.69, 9.17) is 21.7 Å². The molecule has 0 radical (unpaired) electrons. The molecule has 2 aromatic rings. The highest BCUT2D eigenvalue weighted by molar-refractivity contribution is 7.80. The third-order valence-corrected chi connectivity index (χ3v) is 3.41. The minimum atomic E-state index is -0.382. The summed E-state index contributed by atoms with van der Waals surface area (Å²) in [5, 5.41) is 6.51. The zero-order valence-corrected chi connectivity index (χ0v) is 14.4. The van der Waals surface area contributed by atoms with Gasteiger partial charge in [-0.3, -0.25) is 0 Å². The summed E-state index contributed by atoms with van der Waals surface area (Å²) in [4.78, 5) is 11.4. The van der Waals surface area contributed by atoms with Crippen LogP contribution >= 0.6 is 12.2 Å². The van der Waals surface area contributed by atoms with Crippen LogP contribution in [-0.2, 0) is 4.74 Å². The number of rotatable bonds is 5. The number of hydrogen-bond donors (Lipinski definition) is 2. The van der Waals surface area contributed by atoms with E-state index in [0.29, 0.717) is 22.2 Å². The predicted molar refractivity (Wildman–Crippen MR) is 97.2 cm³/mol. The molecule has 0 aromatic heterocycles. The van der Waals surface area contributed by atoms with E-state index in [1.54, 1.807) is 50.6 Å². The highest BCUT2D eigenvalue weighted by Gasteiger charge is 2.07. The van der Waals surface area contributed by atoms with Crippen LogP contribution in [0.2, 0.25) is 0 Å². The SMILES string of the molecule is COC(=O)c1ccc(NC(=S)Nc2ccc(OC)c(OC)c2)cc1. The molecule has 0 saturated heterocycles. The monoisotopic (exact) mass is 346 g/mol. The van der Waals surface area contributed by atoms with Gasteiger partial charge < -0.3 is 24.8 Å². The maximum Gasteiger partial charge on any atom is 0.337 e. The van der Waals surface area contributed by atoms with E-state index >= 15 is 0 Å². The predicted octanol–water partition coefficient (Wildman–Crippen LogP) is 3.30. The van der Waals surface area contributed by atoms with Crippen molar-refractivity contribution < 1.29 is 19.0 Å². The second-order valence-electron chi connectivity index (χ2n) is 4.72. The third-order valence-electron chi connectivity index (χ3n) is 3.21. The number of thiocarbonyl (C=S) groups is 1. The zero-order valence-electron chi connectivity index (χ0n) is 13.6. The molecule has 0 fully saturated rings. The molecule has 2 aromatic carbocycles. The quantitative estimate of drug-likeness (QED) is 0.636. The standard InChI is InChI=1S/C17H18N2O4S/c1-21-14-9-8-13(10-15(14)22-2)19-17(24)18-12-6-4-11(5-7-12)16(20)23-3/h4-10H,1-3H3,(H2,18,19,24). The summed E-state index contributed by atoms with van der Waals surface area (Å²) in [6.07, 6.45) is 0. The van der Waals surface area contributed by atoms with E-state index in [2.05, 4.69) is 15.4 Å². The second kappa shape index (κ2) is 8.16. The Balaban J connectivity index is 2.01. The van der Waals surface area contributed by atoms with E-state index < -0.39 is 0 Å². The van der Waals surface area contributed by atoms with Crippen molar-refractivity contribution in [2.24, 2.45) is 0 Å². The molecule has 2 N–H and O–H groups in total. The molecule has 0 atom stereocenters. The number of ether oxygens (including phenoxy) is 3. The Morgan fingerprint density at radius 1 is 0.875 bits per heavy atom. The van der Waals surface area contributed by atoms with Crippen molar-refractivity contribution in [2.45, 2.75) is 0 Å². The van der Waals surface area contributed by atoms with Crippen molar-refractivity contribution in [3.8, 4) is 11.5 Å². The van der Waals surface area contributed by atoms with E-state index in [1.165, 1.54) is 7.11 Å². The van der Waals surface area contributed by atoms with Crippen LogP contribution in [0, 0.1) is 0 Å². The van der Waals surface area contributed by atoms with Gasteiger partial charge in [0.1, 0.15) is 0 Å². The maximum absolute atomic E-state index is 11.4. The molecule has 0 saturated carbocycles. The maximum atomic E-state index is 11.4. The number of nitrogens with one attached hydrogen (secondary N) is 2. The molecule has 0 aliphatic carbocycles. The van der Waals surface area contributed by atoms with Crippen LogP contribution in [0.3, 0.4) is 0 Å². The van der Waals surface area contributed by atoms with Gasteiger partial charge in [0, 0.05) is 17.4 Å². The lowest BCUT2D eigenvalue weighted by molar-refractivity contribution is 0.0601. The topological polar surface area (TPSA) is 68.8 Å². The van der Waals surface area contributed by atoms with Crippen LogP contribution in [0.25, 0.3) is 0 Å². The molecule has 24 heavy (non-hydrogen) atoms. The highest BCUT2D eigenvalue weighted by atomic mass is 32.1. The van der Waals surface area contributed by atoms with Crippen LogP contribution in [0.4, 0.5) is 11.4 Å². The fourth-order valence-corrected chi connectivity index (χ4v) is 2.25. The summed E-state index contributed by atoms with van der Waals surface area (Å²) in [5.41, 5.74) is 1.98. The molecule has 0 unspecified atom stereocenters. The fourth-order valence-electron chi connectivity index (χ4n) is 2.01. The lowest BCUT2D eigenvalue weighted by Crippen LogP contribution is -2.19. The molecule has 0 bridgehead atoms. The van der Waals surface area contributed by atoms with Crippen LogP contribution in [-0.4, -0.2) is 32.4 Å². The van der Waals surface area contributed by atoms with Gasteiger partial charge in [-0.25, -0.2) is 4.79 Å². The number of anilines is 2. The molecular weight excluding hydrogens is 328 g/mol. The van der Waals surface area contributed by atoms with Gasteiger partial charge in [-0.1, -0.05) is 0 Å². The molecule has 0 amide bonds. The summed E-state index contributed by atoms with van der Waals surface area (Å²) >= 11 is 5.28. The third kappa shape index (κ3) is 4.36. The van der Waals surface area contributed by atoms with Gasteiger partial charge in [-0.05, 0) is 48.6 Å². The lowest BCUT2D eigenvalue weighted by Gasteiger charge is -2.13. The Morgan fingerprint density at radius 2 is 1.46 bits per heavy atom. The lowest BCUT2D eigenvalue weighted by atomic mass is 10.2.